The maximum atomic E-state index is 11.9. The Labute approximate surface area is 133 Å². The highest BCUT2D eigenvalue weighted by Gasteiger charge is 2.04. The van der Waals surface area contributed by atoms with Gasteiger partial charge in [0.1, 0.15) is 5.75 Å². The molecule has 0 aliphatic heterocycles. The monoisotopic (exact) mass is 321 g/mol. The molecule has 1 N–H and O–H groups in total. The van der Waals surface area contributed by atoms with Gasteiger partial charge in [-0.15, -0.1) is 0 Å². The second-order valence-electron chi connectivity index (χ2n) is 4.19. The molecule has 0 saturated carbocycles. The Kier molecular flexibility index (Phi) is 5.26. The predicted molar refractivity (Wildman–Crippen MR) is 87.1 cm³/mol. The number of carbonyl (C=O) groups is 1. The Bertz CT molecular complexity index is 684. The highest BCUT2D eigenvalue weighted by Crippen LogP contribution is 2.25. The first-order chi connectivity index (χ1) is 10.1. The zero-order valence-corrected chi connectivity index (χ0v) is 12.8. The Morgan fingerprint density at radius 1 is 1.19 bits per heavy atom. The summed E-state index contributed by atoms with van der Waals surface area (Å²) < 4.78 is 5.21. The SMILES string of the molecule is COc1ccccc1/C=C/C(=O)Nc1ccc(Cl)cc1Cl. The second-order valence-corrected chi connectivity index (χ2v) is 5.03. The van der Waals surface area contributed by atoms with E-state index in [1.54, 1.807) is 31.4 Å². The molecule has 0 bridgehead atoms. The molecule has 1 amide bonds. The van der Waals surface area contributed by atoms with E-state index in [1.165, 1.54) is 6.08 Å². The summed E-state index contributed by atoms with van der Waals surface area (Å²) in [6, 6.07) is 12.3. The Hall–Kier alpha value is -1.97. The van der Waals surface area contributed by atoms with E-state index in [4.69, 9.17) is 27.9 Å². The average molecular weight is 322 g/mol. The summed E-state index contributed by atoms with van der Waals surface area (Å²) >= 11 is 11.8. The fourth-order valence-electron chi connectivity index (χ4n) is 1.73. The number of anilines is 1. The summed E-state index contributed by atoms with van der Waals surface area (Å²) in [5, 5.41) is 3.59. The van der Waals surface area contributed by atoms with E-state index in [-0.39, 0.29) is 5.91 Å². The molecule has 3 nitrogen and oxygen atoms in total. The first-order valence-corrected chi connectivity index (χ1v) is 6.93. The van der Waals surface area contributed by atoms with Crippen molar-refractivity contribution in [2.75, 3.05) is 12.4 Å². The average Bonchev–Trinajstić information content (AvgIpc) is 2.48. The highest BCUT2D eigenvalue weighted by atomic mass is 35.5. The van der Waals surface area contributed by atoms with Crippen LogP contribution in [0.4, 0.5) is 5.69 Å². The molecule has 0 spiro atoms. The van der Waals surface area contributed by atoms with Gasteiger partial charge in [0.2, 0.25) is 5.91 Å². The summed E-state index contributed by atoms with van der Waals surface area (Å²) in [5.74, 6) is 0.413. The number of benzene rings is 2. The van der Waals surface area contributed by atoms with Crippen LogP contribution in [0.1, 0.15) is 5.56 Å². The van der Waals surface area contributed by atoms with Crippen molar-refractivity contribution in [1.82, 2.24) is 0 Å². The molecule has 0 fully saturated rings. The van der Waals surface area contributed by atoms with Crippen molar-refractivity contribution in [3.63, 3.8) is 0 Å². The summed E-state index contributed by atoms with van der Waals surface area (Å²) in [7, 11) is 1.58. The van der Waals surface area contributed by atoms with Crippen LogP contribution in [0, 0.1) is 0 Å². The molecule has 0 atom stereocenters. The van der Waals surface area contributed by atoms with Gasteiger partial charge in [-0.2, -0.15) is 0 Å². The van der Waals surface area contributed by atoms with Crippen LogP contribution < -0.4 is 10.1 Å². The van der Waals surface area contributed by atoms with Gasteiger partial charge in [-0.3, -0.25) is 4.79 Å². The van der Waals surface area contributed by atoms with E-state index in [0.717, 1.165) is 5.56 Å². The third-order valence-electron chi connectivity index (χ3n) is 2.74. The Balaban J connectivity index is 2.09. The fraction of sp³-hybridized carbons (Fsp3) is 0.0625. The van der Waals surface area contributed by atoms with Crippen molar-refractivity contribution >= 4 is 40.9 Å². The number of hydrogen-bond donors (Lipinski definition) is 1. The third-order valence-corrected chi connectivity index (χ3v) is 3.29. The van der Waals surface area contributed by atoms with E-state index < -0.39 is 0 Å². The first-order valence-electron chi connectivity index (χ1n) is 6.17. The Morgan fingerprint density at radius 3 is 2.67 bits per heavy atom. The fourth-order valence-corrected chi connectivity index (χ4v) is 2.19. The van der Waals surface area contributed by atoms with Crippen LogP contribution in [-0.4, -0.2) is 13.0 Å². The lowest BCUT2D eigenvalue weighted by Gasteiger charge is -2.06. The minimum Gasteiger partial charge on any atom is -0.496 e. The number of halogens is 2. The number of amides is 1. The maximum absolute atomic E-state index is 11.9. The molecule has 21 heavy (non-hydrogen) atoms. The number of ether oxygens (including phenoxy) is 1. The summed E-state index contributed by atoms with van der Waals surface area (Å²) in [5.41, 5.74) is 1.33. The minimum atomic E-state index is -0.287. The lowest BCUT2D eigenvalue weighted by atomic mass is 10.2. The van der Waals surface area contributed by atoms with Crippen molar-refractivity contribution in [3.8, 4) is 5.75 Å². The lowest BCUT2D eigenvalue weighted by molar-refractivity contribution is -0.111. The van der Waals surface area contributed by atoms with Gasteiger partial charge in [0.05, 0.1) is 17.8 Å². The van der Waals surface area contributed by atoms with Crippen molar-refractivity contribution in [3.05, 3.63) is 64.1 Å². The molecule has 0 radical (unpaired) electrons. The standard InChI is InChI=1S/C16H13Cl2NO2/c1-21-15-5-3-2-4-11(15)6-9-16(20)19-14-8-7-12(17)10-13(14)18/h2-10H,1H3,(H,19,20)/b9-6+. The quantitative estimate of drug-likeness (QED) is 0.832. The number of carbonyl (C=O) groups excluding carboxylic acids is 1. The third kappa shape index (κ3) is 4.25. The van der Waals surface area contributed by atoms with Gasteiger partial charge in [0.25, 0.3) is 0 Å². The van der Waals surface area contributed by atoms with Crippen LogP contribution in [-0.2, 0) is 4.79 Å². The van der Waals surface area contributed by atoms with Gasteiger partial charge in [0, 0.05) is 16.7 Å². The first kappa shape index (κ1) is 15.4. The zero-order chi connectivity index (χ0) is 15.2. The van der Waals surface area contributed by atoms with Crippen molar-refractivity contribution in [2.45, 2.75) is 0 Å². The molecule has 0 aliphatic carbocycles. The van der Waals surface area contributed by atoms with E-state index in [0.29, 0.717) is 21.5 Å². The van der Waals surface area contributed by atoms with Crippen molar-refractivity contribution < 1.29 is 9.53 Å². The molecule has 2 rings (SSSR count). The van der Waals surface area contributed by atoms with Gasteiger partial charge < -0.3 is 10.1 Å². The van der Waals surface area contributed by atoms with Crippen molar-refractivity contribution in [2.24, 2.45) is 0 Å². The van der Waals surface area contributed by atoms with E-state index in [2.05, 4.69) is 5.32 Å². The maximum Gasteiger partial charge on any atom is 0.248 e. The molecule has 0 saturated heterocycles. The molecule has 2 aromatic rings. The van der Waals surface area contributed by atoms with Crippen LogP contribution >= 0.6 is 23.2 Å². The van der Waals surface area contributed by atoms with E-state index in [9.17, 15) is 4.79 Å². The van der Waals surface area contributed by atoms with Crippen LogP contribution in [0.2, 0.25) is 10.0 Å². The molecular formula is C16H13Cl2NO2. The molecule has 0 aromatic heterocycles. The smallest absolute Gasteiger partial charge is 0.248 e. The largest absolute Gasteiger partial charge is 0.496 e. The van der Waals surface area contributed by atoms with Crippen LogP contribution in [0.3, 0.4) is 0 Å². The molecule has 5 heteroatoms. The number of rotatable bonds is 4. The summed E-state index contributed by atoms with van der Waals surface area (Å²) in [4.78, 5) is 11.9. The number of nitrogens with one attached hydrogen (secondary N) is 1. The van der Waals surface area contributed by atoms with Gasteiger partial charge in [-0.1, -0.05) is 41.4 Å². The second kappa shape index (κ2) is 7.16. The number of hydrogen-bond acceptors (Lipinski definition) is 2. The predicted octanol–water partition coefficient (Wildman–Crippen LogP) is 4.65. The minimum absolute atomic E-state index is 0.287. The van der Waals surface area contributed by atoms with Crippen molar-refractivity contribution in [1.29, 1.82) is 0 Å². The molecular weight excluding hydrogens is 309 g/mol. The number of methoxy groups -OCH3 is 1. The van der Waals surface area contributed by atoms with Crippen LogP contribution in [0.15, 0.2) is 48.5 Å². The van der Waals surface area contributed by atoms with Gasteiger partial charge in [0.15, 0.2) is 0 Å². The van der Waals surface area contributed by atoms with E-state index >= 15 is 0 Å². The van der Waals surface area contributed by atoms with E-state index in [1.807, 2.05) is 24.3 Å². The normalized spacial score (nSPS) is 10.6. The van der Waals surface area contributed by atoms with Gasteiger partial charge >= 0.3 is 0 Å². The highest BCUT2D eigenvalue weighted by molar-refractivity contribution is 6.36. The number of para-hydroxylation sites is 1. The van der Waals surface area contributed by atoms with Gasteiger partial charge in [-0.05, 0) is 30.3 Å². The zero-order valence-electron chi connectivity index (χ0n) is 11.3. The summed E-state index contributed by atoms with van der Waals surface area (Å²) in [6.07, 6.45) is 3.10. The molecule has 0 unspecified atom stereocenters. The molecule has 0 aliphatic rings. The molecule has 108 valence electrons. The molecule has 0 heterocycles. The van der Waals surface area contributed by atoms with Crippen LogP contribution in [0.25, 0.3) is 6.08 Å². The molecule has 2 aromatic carbocycles. The van der Waals surface area contributed by atoms with Crippen LogP contribution in [0.5, 0.6) is 5.75 Å². The summed E-state index contributed by atoms with van der Waals surface area (Å²) in [6.45, 7) is 0. The Morgan fingerprint density at radius 2 is 1.95 bits per heavy atom. The lowest BCUT2D eigenvalue weighted by Crippen LogP contribution is -2.08. The topological polar surface area (TPSA) is 38.3 Å². The van der Waals surface area contributed by atoms with Gasteiger partial charge in [-0.25, -0.2) is 0 Å².